The molecule has 0 saturated carbocycles. The minimum atomic E-state index is -0.448. The molecule has 3 nitrogen and oxygen atoms in total. The second-order valence-electron chi connectivity index (χ2n) is 4.34. The first kappa shape index (κ1) is 15.6. The number of hydrogen-bond acceptors (Lipinski definition) is 3. The summed E-state index contributed by atoms with van der Waals surface area (Å²) in [5.74, 6) is -0.268. The predicted molar refractivity (Wildman–Crippen MR) is 72.0 cm³/mol. The Morgan fingerprint density at radius 1 is 1.37 bits per heavy atom. The van der Waals surface area contributed by atoms with E-state index in [-0.39, 0.29) is 24.1 Å². The van der Waals surface area contributed by atoms with Gasteiger partial charge in [0.15, 0.2) is 17.3 Å². The van der Waals surface area contributed by atoms with Gasteiger partial charge in [0.05, 0.1) is 7.11 Å². The average molecular weight is 268 g/mol. The molecule has 106 valence electrons. The van der Waals surface area contributed by atoms with Gasteiger partial charge in [-0.3, -0.25) is 4.79 Å². The van der Waals surface area contributed by atoms with Gasteiger partial charge in [-0.15, -0.1) is 0 Å². The minimum Gasteiger partial charge on any atom is -0.494 e. The van der Waals surface area contributed by atoms with E-state index in [9.17, 15) is 9.18 Å². The van der Waals surface area contributed by atoms with Crippen LogP contribution < -0.4 is 4.74 Å². The molecular weight excluding hydrogens is 247 g/mol. The molecule has 4 heteroatoms. The molecule has 0 aromatic heterocycles. The van der Waals surface area contributed by atoms with Gasteiger partial charge in [0, 0.05) is 13.0 Å². The van der Waals surface area contributed by atoms with Crippen LogP contribution in [0.2, 0.25) is 0 Å². The smallest absolute Gasteiger partial charge is 0.165 e. The molecule has 0 aliphatic carbocycles. The summed E-state index contributed by atoms with van der Waals surface area (Å²) in [6.07, 6.45) is 1.38. The molecule has 1 atom stereocenters. The molecule has 0 bridgehead atoms. The SMILES string of the molecule is CCCC(OCC)C(=O)Cc1ccc(OC)c(F)c1. The summed E-state index contributed by atoms with van der Waals surface area (Å²) in [6, 6.07) is 4.58. The maximum absolute atomic E-state index is 13.5. The van der Waals surface area contributed by atoms with E-state index in [4.69, 9.17) is 9.47 Å². The van der Waals surface area contributed by atoms with Gasteiger partial charge in [0.25, 0.3) is 0 Å². The van der Waals surface area contributed by atoms with Gasteiger partial charge in [0.2, 0.25) is 0 Å². The summed E-state index contributed by atoms with van der Waals surface area (Å²) in [5.41, 5.74) is 0.643. The van der Waals surface area contributed by atoms with Crippen molar-refractivity contribution in [1.82, 2.24) is 0 Å². The monoisotopic (exact) mass is 268 g/mol. The molecule has 0 N–H and O–H groups in total. The molecule has 0 saturated heterocycles. The molecule has 1 aromatic rings. The highest BCUT2D eigenvalue weighted by Gasteiger charge is 2.18. The van der Waals surface area contributed by atoms with E-state index in [2.05, 4.69) is 0 Å². The number of hydrogen-bond donors (Lipinski definition) is 0. The lowest BCUT2D eigenvalue weighted by Gasteiger charge is -2.15. The largest absolute Gasteiger partial charge is 0.494 e. The molecule has 0 aliphatic rings. The number of carbonyl (C=O) groups is 1. The normalized spacial score (nSPS) is 12.2. The molecule has 1 aromatic carbocycles. The zero-order valence-corrected chi connectivity index (χ0v) is 11.7. The summed E-state index contributed by atoms with van der Waals surface area (Å²) in [7, 11) is 1.41. The van der Waals surface area contributed by atoms with Crippen molar-refractivity contribution in [3.8, 4) is 5.75 Å². The third-order valence-electron chi connectivity index (χ3n) is 2.87. The standard InChI is InChI=1S/C15H21FO3/c1-4-6-15(19-5-2)13(17)10-11-7-8-14(18-3)12(16)9-11/h7-9,15H,4-6,10H2,1-3H3. The molecular formula is C15H21FO3. The Morgan fingerprint density at radius 3 is 2.63 bits per heavy atom. The fourth-order valence-corrected chi connectivity index (χ4v) is 1.94. The summed E-state index contributed by atoms with van der Waals surface area (Å²) < 4.78 is 23.8. The van der Waals surface area contributed by atoms with Gasteiger partial charge in [-0.05, 0) is 31.0 Å². The van der Waals surface area contributed by atoms with Gasteiger partial charge in [-0.1, -0.05) is 19.4 Å². The highest BCUT2D eigenvalue weighted by Crippen LogP contribution is 2.19. The Balaban J connectivity index is 2.71. The van der Waals surface area contributed by atoms with Crippen molar-refractivity contribution in [3.05, 3.63) is 29.6 Å². The van der Waals surface area contributed by atoms with Crippen molar-refractivity contribution < 1.29 is 18.7 Å². The first-order valence-corrected chi connectivity index (χ1v) is 6.59. The Bertz CT molecular complexity index is 412. The maximum atomic E-state index is 13.5. The third-order valence-corrected chi connectivity index (χ3v) is 2.87. The fourth-order valence-electron chi connectivity index (χ4n) is 1.94. The maximum Gasteiger partial charge on any atom is 0.165 e. The van der Waals surface area contributed by atoms with E-state index in [0.29, 0.717) is 18.6 Å². The van der Waals surface area contributed by atoms with Crippen molar-refractivity contribution in [3.63, 3.8) is 0 Å². The zero-order chi connectivity index (χ0) is 14.3. The van der Waals surface area contributed by atoms with Crippen molar-refractivity contribution in [2.24, 2.45) is 0 Å². The van der Waals surface area contributed by atoms with Crippen molar-refractivity contribution in [2.45, 2.75) is 39.2 Å². The van der Waals surface area contributed by atoms with Crippen LogP contribution in [0.1, 0.15) is 32.3 Å². The summed E-state index contributed by atoms with van der Waals surface area (Å²) in [5, 5.41) is 0. The van der Waals surface area contributed by atoms with Gasteiger partial charge < -0.3 is 9.47 Å². The fraction of sp³-hybridized carbons (Fsp3) is 0.533. The van der Waals surface area contributed by atoms with Gasteiger partial charge in [-0.2, -0.15) is 0 Å². The molecule has 0 heterocycles. The first-order valence-electron chi connectivity index (χ1n) is 6.59. The lowest BCUT2D eigenvalue weighted by Crippen LogP contribution is -2.26. The highest BCUT2D eigenvalue weighted by atomic mass is 19.1. The van der Waals surface area contributed by atoms with Crippen LogP contribution >= 0.6 is 0 Å². The molecule has 0 amide bonds. The Labute approximate surface area is 113 Å². The van der Waals surface area contributed by atoms with E-state index in [1.807, 2.05) is 13.8 Å². The Kier molecular flexibility index (Phi) is 6.50. The number of ether oxygens (including phenoxy) is 2. The highest BCUT2D eigenvalue weighted by molar-refractivity contribution is 5.85. The molecule has 0 aliphatic heterocycles. The first-order chi connectivity index (χ1) is 9.12. The van der Waals surface area contributed by atoms with E-state index in [0.717, 1.165) is 6.42 Å². The van der Waals surface area contributed by atoms with E-state index >= 15 is 0 Å². The molecule has 1 unspecified atom stereocenters. The van der Waals surface area contributed by atoms with E-state index < -0.39 is 5.82 Å². The average Bonchev–Trinajstić information content (AvgIpc) is 2.38. The minimum absolute atomic E-state index is 0.00623. The lowest BCUT2D eigenvalue weighted by molar-refractivity contribution is -0.130. The van der Waals surface area contributed by atoms with Gasteiger partial charge >= 0.3 is 0 Å². The van der Waals surface area contributed by atoms with E-state index in [1.54, 1.807) is 6.07 Å². The number of rotatable bonds is 8. The lowest BCUT2D eigenvalue weighted by atomic mass is 10.0. The van der Waals surface area contributed by atoms with Crippen molar-refractivity contribution in [2.75, 3.05) is 13.7 Å². The van der Waals surface area contributed by atoms with Crippen LogP contribution in [0.3, 0.4) is 0 Å². The zero-order valence-electron chi connectivity index (χ0n) is 11.7. The number of Topliss-reactive ketones (excluding diaryl/α,β-unsaturated/α-hetero) is 1. The number of carbonyl (C=O) groups excluding carboxylic acids is 1. The van der Waals surface area contributed by atoms with Crippen LogP contribution in [0.4, 0.5) is 4.39 Å². The van der Waals surface area contributed by atoms with E-state index in [1.165, 1.54) is 19.2 Å². The van der Waals surface area contributed by atoms with Crippen LogP contribution in [0.25, 0.3) is 0 Å². The second-order valence-corrected chi connectivity index (χ2v) is 4.34. The van der Waals surface area contributed by atoms with Gasteiger partial charge in [0.1, 0.15) is 6.10 Å². The second kappa shape index (κ2) is 7.89. The topological polar surface area (TPSA) is 35.5 Å². The Hall–Kier alpha value is -1.42. The molecule has 0 spiro atoms. The number of benzene rings is 1. The molecule has 1 rings (SSSR count). The number of halogens is 1. The van der Waals surface area contributed by atoms with Crippen LogP contribution in [0.5, 0.6) is 5.75 Å². The molecule has 19 heavy (non-hydrogen) atoms. The summed E-state index contributed by atoms with van der Waals surface area (Å²) >= 11 is 0. The van der Waals surface area contributed by atoms with Crippen LogP contribution in [-0.2, 0) is 16.0 Å². The van der Waals surface area contributed by atoms with Crippen molar-refractivity contribution in [1.29, 1.82) is 0 Å². The molecule has 0 radical (unpaired) electrons. The van der Waals surface area contributed by atoms with Crippen LogP contribution in [-0.4, -0.2) is 25.6 Å². The summed E-state index contributed by atoms with van der Waals surface area (Å²) in [4.78, 5) is 12.1. The van der Waals surface area contributed by atoms with Gasteiger partial charge in [-0.25, -0.2) is 4.39 Å². The molecule has 0 fully saturated rings. The van der Waals surface area contributed by atoms with Crippen LogP contribution in [0.15, 0.2) is 18.2 Å². The Morgan fingerprint density at radius 2 is 2.11 bits per heavy atom. The predicted octanol–water partition coefficient (Wildman–Crippen LogP) is 3.15. The van der Waals surface area contributed by atoms with Crippen LogP contribution in [0, 0.1) is 5.82 Å². The number of ketones is 1. The summed E-state index contributed by atoms with van der Waals surface area (Å²) in [6.45, 7) is 4.38. The quantitative estimate of drug-likeness (QED) is 0.726. The third kappa shape index (κ3) is 4.63. The van der Waals surface area contributed by atoms with Crippen molar-refractivity contribution >= 4 is 5.78 Å². The number of methoxy groups -OCH3 is 1.